The van der Waals surface area contributed by atoms with E-state index in [0.717, 1.165) is 0 Å². The smallest absolute Gasteiger partial charge is 0.156 e. The zero-order valence-corrected chi connectivity index (χ0v) is 6.63. The van der Waals surface area contributed by atoms with Gasteiger partial charge in [-0.1, -0.05) is 0 Å². The predicted molar refractivity (Wildman–Crippen MR) is 41.2 cm³/mol. The largest absolute Gasteiger partial charge is 0.504 e. The van der Waals surface area contributed by atoms with E-state index in [9.17, 15) is 5.11 Å². The normalized spacial score (nSPS) is 10.0. The Bertz CT molecular complexity index is 249. The Morgan fingerprint density at radius 3 is 3.00 bits per heavy atom. The summed E-state index contributed by atoms with van der Waals surface area (Å²) in [6.45, 7) is 2.35. The van der Waals surface area contributed by atoms with Gasteiger partial charge in [-0.3, -0.25) is 0 Å². The van der Waals surface area contributed by atoms with Gasteiger partial charge in [0.2, 0.25) is 0 Å². The SMILES string of the molecule is CNCc1nc(C)ncc1O. The lowest BCUT2D eigenvalue weighted by Gasteiger charge is -2.01. The van der Waals surface area contributed by atoms with E-state index >= 15 is 0 Å². The molecule has 0 fully saturated rings. The minimum atomic E-state index is 0.143. The van der Waals surface area contributed by atoms with Crippen molar-refractivity contribution in [2.75, 3.05) is 7.05 Å². The highest BCUT2D eigenvalue weighted by Crippen LogP contribution is 2.11. The van der Waals surface area contributed by atoms with Crippen LogP contribution in [0.1, 0.15) is 11.5 Å². The van der Waals surface area contributed by atoms with Gasteiger partial charge in [0, 0.05) is 6.54 Å². The first-order valence-electron chi connectivity index (χ1n) is 3.40. The lowest BCUT2D eigenvalue weighted by atomic mass is 10.3. The third-order valence-corrected chi connectivity index (χ3v) is 1.31. The molecule has 1 rings (SSSR count). The molecule has 0 saturated carbocycles. The second kappa shape index (κ2) is 3.30. The maximum Gasteiger partial charge on any atom is 0.156 e. The molecule has 0 saturated heterocycles. The number of nitrogens with one attached hydrogen (secondary N) is 1. The van der Waals surface area contributed by atoms with Crippen LogP contribution in [-0.4, -0.2) is 22.1 Å². The average Bonchev–Trinajstić information content (AvgIpc) is 1.98. The fourth-order valence-corrected chi connectivity index (χ4v) is 0.808. The van der Waals surface area contributed by atoms with Gasteiger partial charge in [-0.25, -0.2) is 9.97 Å². The van der Waals surface area contributed by atoms with Crippen molar-refractivity contribution < 1.29 is 5.11 Å². The van der Waals surface area contributed by atoms with Crippen LogP contribution in [0.2, 0.25) is 0 Å². The van der Waals surface area contributed by atoms with E-state index in [1.165, 1.54) is 6.20 Å². The predicted octanol–water partition coefficient (Wildman–Crippen LogP) is 0.210. The van der Waals surface area contributed by atoms with Crippen molar-refractivity contribution in [3.05, 3.63) is 17.7 Å². The summed E-state index contributed by atoms with van der Waals surface area (Å²) < 4.78 is 0. The minimum absolute atomic E-state index is 0.143. The topological polar surface area (TPSA) is 58.0 Å². The van der Waals surface area contributed by atoms with Gasteiger partial charge < -0.3 is 10.4 Å². The van der Waals surface area contributed by atoms with Gasteiger partial charge >= 0.3 is 0 Å². The van der Waals surface area contributed by atoms with Crippen molar-refractivity contribution in [1.82, 2.24) is 15.3 Å². The lowest BCUT2D eigenvalue weighted by Crippen LogP contribution is -2.08. The van der Waals surface area contributed by atoms with Crippen LogP contribution in [0.15, 0.2) is 6.20 Å². The Balaban J connectivity index is 2.93. The Morgan fingerprint density at radius 1 is 1.64 bits per heavy atom. The first-order valence-corrected chi connectivity index (χ1v) is 3.40. The molecule has 0 aliphatic rings. The molecular formula is C7H11N3O. The van der Waals surface area contributed by atoms with E-state index in [4.69, 9.17) is 0 Å². The summed E-state index contributed by atoms with van der Waals surface area (Å²) in [5.41, 5.74) is 0.639. The molecule has 0 bridgehead atoms. The number of aromatic nitrogens is 2. The summed E-state index contributed by atoms with van der Waals surface area (Å²) in [7, 11) is 1.80. The molecule has 2 N–H and O–H groups in total. The first-order chi connectivity index (χ1) is 5.24. The molecule has 60 valence electrons. The second-order valence-corrected chi connectivity index (χ2v) is 2.28. The van der Waals surface area contributed by atoms with Crippen LogP contribution in [0.4, 0.5) is 0 Å². The van der Waals surface area contributed by atoms with Crippen molar-refractivity contribution in [2.24, 2.45) is 0 Å². The monoisotopic (exact) mass is 153 g/mol. The number of nitrogens with zero attached hydrogens (tertiary/aromatic N) is 2. The van der Waals surface area contributed by atoms with Gasteiger partial charge in [-0.2, -0.15) is 0 Å². The number of rotatable bonds is 2. The quantitative estimate of drug-likeness (QED) is 0.637. The minimum Gasteiger partial charge on any atom is -0.504 e. The van der Waals surface area contributed by atoms with Crippen LogP contribution in [0.5, 0.6) is 5.75 Å². The molecule has 1 aromatic rings. The molecule has 0 aliphatic heterocycles. The Morgan fingerprint density at radius 2 is 2.36 bits per heavy atom. The molecule has 0 aromatic carbocycles. The van der Waals surface area contributed by atoms with Crippen LogP contribution in [0.3, 0.4) is 0 Å². The van der Waals surface area contributed by atoms with Gasteiger partial charge in [-0.05, 0) is 14.0 Å². The fraction of sp³-hybridized carbons (Fsp3) is 0.429. The van der Waals surface area contributed by atoms with Crippen molar-refractivity contribution >= 4 is 0 Å². The molecule has 1 heterocycles. The van der Waals surface area contributed by atoms with Gasteiger partial charge in [0.1, 0.15) is 5.82 Å². The summed E-state index contributed by atoms with van der Waals surface area (Å²) in [4.78, 5) is 7.87. The zero-order chi connectivity index (χ0) is 8.27. The summed E-state index contributed by atoms with van der Waals surface area (Å²) in [5, 5.41) is 12.1. The van der Waals surface area contributed by atoms with Crippen LogP contribution < -0.4 is 5.32 Å². The highest BCUT2D eigenvalue weighted by Gasteiger charge is 2.01. The molecule has 11 heavy (non-hydrogen) atoms. The molecule has 0 aliphatic carbocycles. The first kappa shape index (κ1) is 7.94. The zero-order valence-electron chi connectivity index (χ0n) is 6.63. The van der Waals surface area contributed by atoms with E-state index < -0.39 is 0 Å². The number of hydrogen-bond donors (Lipinski definition) is 2. The van der Waals surface area contributed by atoms with Gasteiger partial charge in [0.05, 0.1) is 11.9 Å². The number of hydrogen-bond acceptors (Lipinski definition) is 4. The van der Waals surface area contributed by atoms with E-state index in [0.29, 0.717) is 18.1 Å². The molecule has 4 nitrogen and oxygen atoms in total. The van der Waals surface area contributed by atoms with E-state index in [1.807, 2.05) is 0 Å². The third kappa shape index (κ3) is 1.88. The van der Waals surface area contributed by atoms with Crippen LogP contribution in [0.25, 0.3) is 0 Å². The molecular weight excluding hydrogens is 142 g/mol. The summed E-state index contributed by atoms with van der Waals surface area (Å²) in [6.07, 6.45) is 1.41. The molecule has 4 heteroatoms. The number of aryl methyl sites for hydroxylation is 1. The molecule has 0 atom stereocenters. The Kier molecular flexibility index (Phi) is 2.38. The Hall–Kier alpha value is -1.16. The second-order valence-electron chi connectivity index (χ2n) is 2.28. The van der Waals surface area contributed by atoms with E-state index in [2.05, 4.69) is 15.3 Å². The van der Waals surface area contributed by atoms with Crippen molar-refractivity contribution in [3.8, 4) is 5.75 Å². The highest BCUT2D eigenvalue weighted by molar-refractivity contribution is 5.22. The highest BCUT2D eigenvalue weighted by atomic mass is 16.3. The maximum atomic E-state index is 9.20. The fourth-order valence-electron chi connectivity index (χ4n) is 0.808. The van der Waals surface area contributed by atoms with Crippen LogP contribution >= 0.6 is 0 Å². The van der Waals surface area contributed by atoms with Crippen molar-refractivity contribution in [2.45, 2.75) is 13.5 Å². The molecule has 0 spiro atoms. The van der Waals surface area contributed by atoms with E-state index in [1.54, 1.807) is 14.0 Å². The van der Waals surface area contributed by atoms with Gasteiger partial charge in [0.15, 0.2) is 5.75 Å². The number of aromatic hydroxyl groups is 1. The average molecular weight is 153 g/mol. The standard InChI is InChI=1S/C7H11N3O/c1-5-9-4-7(11)6(10-5)3-8-2/h4,8,11H,3H2,1-2H3. The van der Waals surface area contributed by atoms with Crippen LogP contribution in [0, 0.1) is 6.92 Å². The molecule has 0 unspecified atom stereocenters. The Labute approximate surface area is 65.3 Å². The van der Waals surface area contributed by atoms with E-state index in [-0.39, 0.29) is 5.75 Å². The summed E-state index contributed by atoms with van der Waals surface area (Å²) >= 11 is 0. The van der Waals surface area contributed by atoms with Crippen molar-refractivity contribution in [1.29, 1.82) is 0 Å². The maximum absolute atomic E-state index is 9.20. The molecule has 1 aromatic heterocycles. The van der Waals surface area contributed by atoms with Crippen LogP contribution in [-0.2, 0) is 6.54 Å². The summed E-state index contributed by atoms with van der Waals surface area (Å²) in [6, 6.07) is 0. The van der Waals surface area contributed by atoms with Gasteiger partial charge in [0.25, 0.3) is 0 Å². The summed E-state index contributed by atoms with van der Waals surface area (Å²) in [5.74, 6) is 0.818. The third-order valence-electron chi connectivity index (χ3n) is 1.31. The van der Waals surface area contributed by atoms with Crippen molar-refractivity contribution in [3.63, 3.8) is 0 Å². The molecule has 0 amide bonds. The van der Waals surface area contributed by atoms with Gasteiger partial charge in [-0.15, -0.1) is 0 Å². The molecule has 0 radical (unpaired) electrons. The lowest BCUT2D eigenvalue weighted by molar-refractivity contribution is 0.457.